The van der Waals surface area contributed by atoms with Crippen molar-refractivity contribution < 1.29 is 19.1 Å². The molecule has 0 unspecified atom stereocenters. The molecule has 1 N–H and O–H groups in total. The van der Waals surface area contributed by atoms with Crippen molar-refractivity contribution in [3.05, 3.63) is 83.9 Å². The second kappa shape index (κ2) is 11.5. The van der Waals surface area contributed by atoms with Gasteiger partial charge in [0.1, 0.15) is 12.2 Å². The Morgan fingerprint density at radius 1 is 0.609 bits per heavy atom. The Morgan fingerprint density at radius 3 is 1.87 bits per heavy atom. The fourth-order valence-electron chi connectivity index (χ4n) is 8.77. The molecule has 0 atom stereocenters. The Labute approximate surface area is 274 Å². The van der Waals surface area contributed by atoms with Gasteiger partial charge in [-0.2, -0.15) is 0 Å². The smallest absolute Gasteiger partial charge is 0.339 e. The molecule has 0 aromatic heterocycles. The Kier molecular flexibility index (Phi) is 8.08. The molecule has 1 saturated heterocycles. The zero-order valence-electron chi connectivity index (χ0n) is 28.8. The zero-order chi connectivity index (χ0) is 33.1. The Morgan fingerprint density at radius 2 is 1.17 bits per heavy atom. The standard InChI is InChI=1S/C41H49NO4/c1-38(2)21-32(22-39(3,4)25-38)46-37(44)35-20-31(19-29-11-9-10-12-34(29)35)28-14-13-27-18-30(16-15-26(27)17-28)36(43)45-33-23-40(5,6)42-41(7,8)24-33/h9-20,32-33,42H,21-25H2,1-8H3. The van der Waals surface area contributed by atoms with Crippen LogP contribution in [-0.4, -0.2) is 35.2 Å². The maximum atomic E-state index is 13.8. The molecule has 2 aliphatic rings. The van der Waals surface area contributed by atoms with Gasteiger partial charge in [0.05, 0.1) is 11.1 Å². The second-order valence-electron chi connectivity index (χ2n) is 16.8. The van der Waals surface area contributed by atoms with Gasteiger partial charge in [-0.05, 0) is 121 Å². The number of rotatable bonds is 5. The highest BCUT2D eigenvalue weighted by atomic mass is 16.5. The van der Waals surface area contributed by atoms with E-state index in [-0.39, 0.29) is 46.1 Å². The first kappa shape index (κ1) is 32.2. The molecule has 2 fully saturated rings. The molecule has 0 bridgehead atoms. The van der Waals surface area contributed by atoms with E-state index in [9.17, 15) is 9.59 Å². The SMILES string of the molecule is CC1(C)CC(OC(=O)c2cc(-c3ccc4cc(C(=O)OC5CC(C)(C)NC(C)(C)C5)ccc4c3)cc3ccccc23)CC(C)(C)C1. The van der Waals surface area contributed by atoms with Gasteiger partial charge in [0.2, 0.25) is 0 Å². The number of fused-ring (bicyclic) bond motifs is 2. The maximum absolute atomic E-state index is 13.8. The molecule has 5 heteroatoms. The normalized spacial score (nSPS) is 20.8. The molecule has 1 saturated carbocycles. The van der Waals surface area contributed by atoms with E-state index < -0.39 is 0 Å². The van der Waals surface area contributed by atoms with Gasteiger partial charge in [0.15, 0.2) is 0 Å². The molecule has 0 spiro atoms. The van der Waals surface area contributed by atoms with Crippen LogP contribution in [0.2, 0.25) is 0 Å². The molecule has 0 amide bonds. The summed E-state index contributed by atoms with van der Waals surface area (Å²) in [5.41, 5.74) is 3.15. The number of carbonyl (C=O) groups is 2. The highest BCUT2D eigenvalue weighted by Gasteiger charge is 2.41. The van der Waals surface area contributed by atoms with E-state index in [4.69, 9.17) is 9.47 Å². The largest absolute Gasteiger partial charge is 0.459 e. The monoisotopic (exact) mass is 619 g/mol. The van der Waals surface area contributed by atoms with Crippen LogP contribution in [0.1, 0.15) is 108 Å². The third kappa shape index (κ3) is 7.15. The average Bonchev–Trinajstić information content (AvgIpc) is 2.92. The zero-order valence-corrected chi connectivity index (χ0v) is 28.8. The van der Waals surface area contributed by atoms with Crippen molar-refractivity contribution in [1.82, 2.24) is 5.32 Å². The van der Waals surface area contributed by atoms with Crippen molar-refractivity contribution in [2.45, 2.75) is 111 Å². The van der Waals surface area contributed by atoms with Gasteiger partial charge < -0.3 is 14.8 Å². The Bertz CT molecular complexity index is 1780. The molecule has 0 radical (unpaired) electrons. The van der Waals surface area contributed by atoms with Crippen molar-refractivity contribution in [1.29, 1.82) is 0 Å². The van der Waals surface area contributed by atoms with Gasteiger partial charge >= 0.3 is 11.9 Å². The van der Waals surface area contributed by atoms with Crippen LogP contribution < -0.4 is 5.32 Å². The molecule has 1 heterocycles. The van der Waals surface area contributed by atoms with Gasteiger partial charge in [-0.1, -0.05) is 70.2 Å². The molecule has 46 heavy (non-hydrogen) atoms. The summed E-state index contributed by atoms with van der Waals surface area (Å²) in [5, 5.41) is 7.52. The summed E-state index contributed by atoms with van der Waals surface area (Å²) in [7, 11) is 0. The number of hydrogen-bond acceptors (Lipinski definition) is 5. The molecular weight excluding hydrogens is 570 g/mol. The van der Waals surface area contributed by atoms with E-state index in [2.05, 4.69) is 78.9 Å². The quantitative estimate of drug-likeness (QED) is 0.225. The fourth-order valence-corrected chi connectivity index (χ4v) is 8.77. The van der Waals surface area contributed by atoms with Crippen molar-refractivity contribution in [3.8, 4) is 11.1 Å². The van der Waals surface area contributed by atoms with E-state index in [0.717, 1.165) is 64.8 Å². The third-order valence-corrected chi connectivity index (χ3v) is 9.71. The summed E-state index contributed by atoms with van der Waals surface area (Å²) in [4.78, 5) is 27.0. The van der Waals surface area contributed by atoms with Crippen molar-refractivity contribution >= 4 is 33.5 Å². The number of benzene rings is 4. The van der Waals surface area contributed by atoms with Crippen LogP contribution in [0.15, 0.2) is 72.8 Å². The van der Waals surface area contributed by atoms with E-state index in [0.29, 0.717) is 11.1 Å². The Hall–Kier alpha value is -3.70. The number of hydrogen-bond donors (Lipinski definition) is 1. The first-order chi connectivity index (χ1) is 21.5. The summed E-state index contributed by atoms with van der Waals surface area (Å²) in [6.07, 6.45) is 4.16. The molecule has 4 aromatic rings. The minimum absolute atomic E-state index is 0.102. The fraction of sp³-hybridized carbons (Fsp3) is 0.463. The Balaban J connectivity index is 1.26. The van der Waals surface area contributed by atoms with Gasteiger partial charge in [0, 0.05) is 23.9 Å². The van der Waals surface area contributed by atoms with Crippen LogP contribution in [0, 0.1) is 10.8 Å². The van der Waals surface area contributed by atoms with Gasteiger partial charge in [-0.25, -0.2) is 9.59 Å². The number of ether oxygens (including phenoxy) is 2. The van der Waals surface area contributed by atoms with Crippen molar-refractivity contribution in [2.75, 3.05) is 0 Å². The highest BCUT2D eigenvalue weighted by Crippen LogP contribution is 2.47. The van der Waals surface area contributed by atoms with Gasteiger partial charge in [-0.3, -0.25) is 0 Å². The molecule has 1 aliphatic carbocycles. The third-order valence-electron chi connectivity index (χ3n) is 9.71. The minimum Gasteiger partial charge on any atom is -0.459 e. The molecule has 5 nitrogen and oxygen atoms in total. The first-order valence-corrected chi connectivity index (χ1v) is 16.8. The van der Waals surface area contributed by atoms with E-state index in [1.807, 2.05) is 54.6 Å². The average molecular weight is 620 g/mol. The molecule has 242 valence electrons. The van der Waals surface area contributed by atoms with Gasteiger partial charge in [0.25, 0.3) is 0 Å². The van der Waals surface area contributed by atoms with Crippen LogP contribution in [-0.2, 0) is 9.47 Å². The maximum Gasteiger partial charge on any atom is 0.339 e. The molecule has 4 aromatic carbocycles. The summed E-state index contributed by atoms with van der Waals surface area (Å²) >= 11 is 0. The number of esters is 2. The van der Waals surface area contributed by atoms with Crippen molar-refractivity contribution in [2.24, 2.45) is 10.8 Å². The van der Waals surface area contributed by atoms with E-state index in [1.165, 1.54) is 0 Å². The predicted molar refractivity (Wildman–Crippen MR) is 187 cm³/mol. The predicted octanol–water partition coefficient (Wildman–Crippen LogP) is 9.89. The molecule has 6 rings (SSSR count). The number of nitrogens with one attached hydrogen (secondary N) is 1. The summed E-state index contributed by atoms with van der Waals surface area (Å²) in [6, 6.07) is 24.1. The molecule has 1 aliphatic heterocycles. The number of carbonyl (C=O) groups excluding carboxylic acids is 2. The van der Waals surface area contributed by atoms with Crippen LogP contribution in [0.25, 0.3) is 32.7 Å². The topological polar surface area (TPSA) is 64.6 Å². The summed E-state index contributed by atoms with van der Waals surface area (Å²) in [5.74, 6) is -0.548. The highest BCUT2D eigenvalue weighted by molar-refractivity contribution is 6.07. The lowest BCUT2D eigenvalue weighted by Gasteiger charge is -2.45. The summed E-state index contributed by atoms with van der Waals surface area (Å²) in [6.45, 7) is 17.7. The van der Waals surface area contributed by atoms with Crippen molar-refractivity contribution in [3.63, 3.8) is 0 Å². The van der Waals surface area contributed by atoms with Gasteiger partial charge in [-0.15, -0.1) is 0 Å². The number of piperidine rings is 1. The first-order valence-electron chi connectivity index (χ1n) is 16.8. The lowest BCUT2D eigenvalue weighted by Crippen LogP contribution is -2.59. The lowest BCUT2D eigenvalue weighted by atomic mass is 9.64. The van der Waals surface area contributed by atoms with E-state index >= 15 is 0 Å². The second-order valence-corrected chi connectivity index (χ2v) is 16.8. The van der Waals surface area contributed by atoms with E-state index in [1.54, 1.807) is 0 Å². The van der Waals surface area contributed by atoms with Crippen LogP contribution >= 0.6 is 0 Å². The summed E-state index contributed by atoms with van der Waals surface area (Å²) < 4.78 is 12.3. The minimum atomic E-state index is -0.285. The van der Waals surface area contributed by atoms with Crippen LogP contribution in [0.3, 0.4) is 0 Å². The molecular formula is C41H49NO4. The van der Waals surface area contributed by atoms with Crippen LogP contribution in [0.4, 0.5) is 0 Å². The van der Waals surface area contributed by atoms with Crippen LogP contribution in [0.5, 0.6) is 0 Å². The lowest BCUT2D eigenvalue weighted by molar-refractivity contribution is -0.0282.